The van der Waals surface area contributed by atoms with Crippen LogP contribution in [-0.2, 0) is 10.0 Å². The van der Waals surface area contributed by atoms with Crippen LogP contribution < -0.4 is 10.0 Å². The van der Waals surface area contributed by atoms with Crippen molar-refractivity contribution in [3.63, 3.8) is 0 Å². The largest absolute Gasteiger partial charge is 0.346 e. The van der Waals surface area contributed by atoms with Crippen molar-refractivity contribution < 1.29 is 13.2 Å². The molecule has 0 aliphatic rings. The highest BCUT2D eigenvalue weighted by molar-refractivity contribution is 7.92. The number of hydrogen-bond donors (Lipinski definition) is 2. The van der Waals surface area contributed by atoms with E-state index < -0.39 is 10.0 Å². The summed E-state index contributed by atoms with van der Waals surface area (Å²) < 4.78 is 28.6. The van der Waals surface area contributed by atoms with Gasteiger partial charge in [0.25, 0.3) is 15.9 Å². The summed E-state index contributed by atoms with van der Waals surface area (Å²) in [5.41, 5.74) is 5.73. The Balaban J connectivity index is 1.86. The van der Waals surface area contributed by atoms with E-state index in [1.165, 1.54) is 18.2 Å². The highest BCUT2D eigenvalue weighted by Crippen LogP contribution is 2.27. The van der Waals surface area contributed by atoms with Gasteiger partial charge < -0.3 is 5.32 Å². The van der Waals surface area contributed by atoms with Crippen molar-refractivity contribution in [3.8, 4) is 0 Å². The molecule has 168 valence electrons. The van der Waals surface area contributed by atoms with Gasteiger partial charge >= 0.3 is 0 Å². The first kappa shape index (κ1) is 23.8. The minimum absolute atomic E-state index is 0.0428. The van der Waals surface area contributed by atoms with E-state index >= 15 is 0 Å². The molecule has 7 heteroatoms. The maximum absolute atomic E-state index is 13.0. The maximum atomic E-state index is 13.0. The lowest BCUT2D eigenvalue weighted by atomic mass is 10.00. The molecule has 0 radical (unpaired) electrons. The molecular formula is C25H27ClN2O3S. The minimum Gasteiger partial charge on any atom is -0.346 e. The van der Waals surface area contributed by atoms with Crippen LogP contribution in [0.4, 0.5) is 5.69 Å². The number of amides is 1. The van der Waals surface area contributed by atoms with Gasteiger partial charge in [-0.1, -0.05) is 53.1 Å². The van der Waals surface area contributed by atoms with Crippen LogP contribution in [0.15, 0.2) is 59.5 Å². The smallest absolute Gasteiger partial charge is 0.263 e. The normalized spacial score (nSPS) is 12.3. The Labute approximate surface area is 194 Å². The molecule has 32 heavy (non-hydrogen) atoms. The van der Waals surface area contributed by atoms with Gasteiger partial charge in [-0.05, 0) is 75.6 Å². The summed E-state index contributed by atoms with van der Waals surface area (Å²) in [6.07, 6.45) is 0. The van der Waals surface area contributed by atoms with Crippen molar-refractivity contribution >= 4 is 33.2 Å². The Hall–Kier alpha value is -2.83. The van der Waals surface area contributed by atoms with Crippen molar-refractivity contribution in [2.75, 3.05) is 4.72 Å². The number of anilines is 1. The van der Waals surface area contributed by atoms with E-state index in [9.17, 15) is 13.2 Å². The van der Waals surface area contributed by atoms with Gasteiger partial charge in [0, 0.05) is 5.56 Å². The zero-order chi connectivity index (χ0) is 23.6. The van der Waals surface area contributed by atoms with Crippen LogP contribution in [0.1, 0.15) is 51.1 Å². The third-order valence-electron chi connectivity index (χ3n) is 5.35. The Morgan fingerprint density at radius 2 is 1.50 bits per heavy atom. The molecule has 0 aliphatic carbocycles. The van der Waals surface area contributed by atoms with E-state index in [1.807, 2.05) is 58.9 Å². The molecule has 0 unspecified atom stereocenters. The third kappa shape index (κ3) is 5.31. The fourth-order valence-corrected chi connectivity index (χ4v) is 5.31. The molecule has 0 bridgehead atoms. The molecule has 0 aliphatic heterocycles. The Kier molecular flexibility index (Phi) is 6.96. The van der Waals surface area contributed by atoms with Crippen LogP contribution >= 0.6 is 11.6 Å². The first-order valence-electron chi connectivity index (χ1n) is 10.3. The number of carbonyl (C=O) groups is 1. The van der Waals surface area contributed by atoms with Gasteiger partial charge in [-0.15, -0.1) is 0 Å². The lowest BCUT2D eigenvalue weighted by Gasteiger charge is -2.18. The van der Waals surface area contributed by atoms with Crippen LogP contribution in [-0.4, -0.2) is 14.3 Å². The SMILES string of the molecule is Cc1ccc(NS(=O)(=O)c2cc(C(=O)N[C@H](C)c3ccc(C)cc3C)ccc2Cl)c(C)c1. The molecule has 0 aromatic heterocycles. The first-order valence-corrected chi connectivity index (χ1v) is 12.1. The second-order valence-corrected chi connectivity index (χ2v) is 10.2. The Morgan fingerprint density at radius 3 is 2.12 bits per heavy atom. The van der Waals surface area contributed by atoms with Crippen LogP contribution in [0.25, 0.3) is 0 Å². The van der Waals surface area contributed by atoms with Crippen LogP contribution in [0.5, 0.6) is 0 Å². The molecule has 1 amide bonds. The fraction of sp³-hybridized carbons (Fsp3) is 0.240. The fourth-order valence-electron chi connectivity index (χ4n) is 3.65. The number of hydrogen-bond acceptors (Lipinski definition) is 3. The number of nitrogens with one attached hydrogen (secondary N) is 2. The lowest BCUT2D eigenvalue weighted by molar-refractivity contribution is 0.0939. The Bertz CT molecular complexity index is 1290. The monoisotopic (exact) mass is 470 g/mol. The summed E-state index contributed by atoms with van der Waals surface area (Å²) in [7, 11) is -3.99. The molecule has 0 saturated heterocycles. The van der Waals surface area contributed by atoms with Crippen molar-refractivity contribution in [3.05, 3.63) is 93.0 Å². The van der Waals surface area contributed by atoms with E-state index in [1.54, 1.807) is 6.07 Å². The first-order chi connectivity index (χ1) is 15.0. The summed E-state index contributed by atoms with van der Waals surface area (Å²) >= 11 is 6.20. The number of sulfonamides is 1. The molecule has 0 saturated carbocycles. The van der Waals surface area contributed by atoms with Crippen molar-refractivity contribution in [1.29, 1.82) is 0 Å². The summed E-state index contributed by atoms with van der Waals surface area (Å²) in [5, 5.41) is 2.98. The zero-order valence-electron chi connectivity index (χ0n) is 18.8. The minimum atomic E-state index is -3.99. The quantitative estimate of drug-likeness (QED) is 0.473. The molecule has 1 atom stereocenters. The molecule has 5 nitrogen and oxygen atoms in total. The zero-order valence-corrected chi connectivity index (χ0v) is 20.4. The summed E-state index contributed by atoms with van der Waals surface area (Å²) in [6, 6.07) is 15.5. The van der Waals surface area contributed by atoms with Gasteiger partial charge in [-0.3, -0.25) is 9.52 Å². The number of carbonyl (C=O) groups excluding carboxylic acids is 1. The second kappa shape index (κ2) is 9.35. The topological polar surface area (TPSA) is 75.3 Å². The lowest BCUT2D eigenvalue weighted by Crippen LogP contribution is -2.27. The number of benzene rings is 3. The summed E-state index contributed by atoms with van der Waals surface area (Å²) in [4.78, 5) is 12.7. The Morgan fingerprint density at radius 1 is 0.875 bits per heavy atom. The second-order valence-electron chi connectivity index (χ2n) is 8.12. The predicted octanol–water partition coefficient (Wildman–Crippen LogP) is 5.87. The van der Waals surface area contributed by atoms with Gasteiger partial charge in [-0.25, -0.2) is 8.42 Å². The van der Waals surface area contributed by atoms with E-state index in [-0.39, 0.29) is 27.4 Å². The van der Waals surface area contributed by atoms with Crippen molar-refractivity contribution in [2.24, 2.45) is 0 Å². The molecule has 0 spiro atoms. The summed E-state index contributed by atoms with van der Waals surface area (Å²) in [5.74, 6) is -0.378. The average molecular weight is 471 g/mol. The van der Waals surface area contributed by atoms with E-state index in [2.05, 4.69) is 16.1 Å². The average Bonchev–Trinajstić information content (AvgIpc) is 2.70. The number of rotatable bonds is 6. The molecule has 0 fully saturated rings. The molecule has 2 N–H and O–H groups in total. The van der Waals surface area contributed by atoms with Gasteiger partial charge in [-0.2, -0.15) is 0 Å². The van der Waals surface area contributed by atoms with Crippen LogP contribution in [0, 0.1) is 27.7 Å². The van der Waals surface area contributed by atoms with Gasteiger partial charge in [0.1, 0.15) is 4.90 Å². The predicted molar refractivity (Wildman–Crippen MR) is 130 cm³/mol. The van der Waals surface area contributed by atoms with Crippen LogP contribution in [0.2, 0.25) is 5.02 Å². The van der Waals surface area contributed by atoms with E-state index in [4.69, 9.17) is 11.6 Å². The van der Waals surface area contributed by atoms with E-state index in [0.29, 0.717) is 5.69 Å². The van der Waals surface area contributed by atoms with Gasteiger partial charge in [0.15, 0.2) is 0 Å². The van der Waals surface area contributed by atoms with Crippen molar-refractivity contribution in [1.82, 2.24) is 5.32 Å². The molecule has 0 heterocycles. The van der Waals surface area contributed by atoms with Gasteiger partial charge in [0.2, 0.25) is 0 Å². The number of aryl methyl sites for hydroxylation is 4. The highest BCUT2D eigenvalue weighted by Gasteiger charge is 2.22. The molecule has 3 aromatic carbocycles. The summed E-state index contributed by atoms with van der Waals surface area (Å²) in [6.45, 7) is 9.66. The van der Waals surface area contributed by atoms with Crippen molar-refractivity contribution in [2.45, 2.75) is 45.6 Å². The van der Waals surface area contributed by atoms with Gasteiger partial charge in [0.05, 0.1) is 16.8 Å². The maximum Gasteiger partial charge on any atom is 0.263 e. The number of halogens is 1. The molecule has 3 aromatic rings. The van der Waals surface area contributed by atoms with Crippen LogP contribution in [0.3, 0.4) is 0 Å². The molecular weight excluding hydrogens is 444 g/mol. The third-order valence-corrected chi connectivity index (χ3v) is 7.20. The highest BCUT2D eigenvalue weighted by atomic mass is 35.5. The standard InChI is InChI=1S/C25H27ClN2O3S/c1-15-6-9-21(17(3)12-15)19(5)27-25(29)20-8-10-22(26)24(14-20)32(30,31)28-23-11-7-16(2)13-18(23)4/h6-14,19,28H,1-5H3,(H,27,29)/t19-/m1/s1. The van der Waals surface area contributed by atoms with E-state index in [0.717, 1.165) is 27.8 Å². The molecule has 3 rings (SSSR count).